The molecule has 0 heterocycles. The smallest absolute Gasteiger partial charge is 0.0102 e. The molecule has 0 N–H and O–H groups in total. The first-order valence-electron chi connectivity index (χ1n) is 9.61. The molecule has 0 aromatic heterocycles. The Labute approximate surface area is 150 Å². The molecular formula is C25H24. The van der Waals surface area contributed by atoms with Gasteiger partial charge >= 0.3 is 0 Å². The van der Waals surface area contributed by atoms with Gasteiger partial charge in [0.2, 0.25) is 0 Å². The first-order valence-corrected chi connectivity index (χ1v) is 9.61. The molecule has 0 saturated carbocycles. The molecule has 3 aliphatic carbocycles. The molecule has 2 aromatic carbocycles. The molecule has 25 heavy (non-hydrogen) atoms. The van der Waals surface area contributed by atoms with Crippen LogP contribution in [0.4, 0.5) is 0 Å². The monoisotopic (exact) mass is 324 g/mol. The third-order valence-corrected chi connectivity index (χ3v) is 6.10. The van der Waals surface area contributed by atoms with Crippen LogP contribution in [0.5, 0.6) is 0 Å². The van der Waals surface area contributed by atoms with Crippen LogP contribution < -0.4 is 0 Å². The highest BCUT2D eigenvalue weighted by Crippen LogP contribution is 2.41. The summed E-state index contributed by atoms with van der Waals surface area (Å²) >= 11 is 0. The fourth-order valence-corrected chi connectivity index (χ4v) is 4.73. The molecule has 0 nitrogen and oxygen atoms in total. The second-order valence-electron chi connectivity index (χ2n) is 7.65. The normalized spacial score (nSPS) is 19.0. The van der Waals surface area contributed by atoms with Crippen LogP contribution in [0.25, 0.3) is 22.9 Å². The Hall–Kier alpha value is -2.34. The summed E-state index contributed by atoms with van der Waals surface area (Å²) in [5.41, 5.74) is 10.8. The van der Waals surface area contributed by atoms with E-state index in [4.69, 9.17) is 0 Å². The molecule has 0 atom stereocenters. The average molecular weight is 324 g/mol. The van der Waals surface area contributed by atoms with Crippen molar-refractivity contribution in [1.82, 2.24) is 0 Å². The van der Waals surface area contributed by atoms with Gasteiger partial charge < -0.3 is 0 Å². The van der Waals surface area contributed by atoms with Gasteiger partial charge in [-0.1, -0.05) is 60.2 Å². The molecule has 0 unspecified atom stereocenters. The Morgan fingerprint density at radius 3 is 2.28 bits per heavy atom. The molecule has 0 aliphatic heterocycles. The van der Waals surface area contributed by atoms with Gasteiger partial charge in [-0.2, -0.15) is 0 Å². The van der Waals surface area contributed by atoms with E-state index in [1.807, 2.05) is 0 Å². The largest absolute Gasteiger partial charge is 0.0836 e. The highest BCUT2D eigenvalue weighted by molar-refractivity contribution is 6.00. The van der Waals surface area contributed by atoms with Crippen molar-refractivity contribution < 1.29 is 0 Å². The standard InChI is InChI=1S/C25H24/c1-17-10-12-18(13-11-17)19-14-15-24-22-8-3-2-6-20(22)21-7-4-5-9-23(21)25(24)16-19/h2,4-7,9-10,12,16H,3,8,11,13-15H2,1H3. The Bertz CT molecular complexity index is 992. The van der Waals surface area contributed by atoms with E-state index in [0.717, 1.165) is 0 Å². The number of fused-ring (bicyclic) bond motifs is 6. The topological polar surface area (TPSA) is 0 Å². The molecule has 5 rings (SSSR count). The minimum Gasteiger partial charge on any atom is -0.0836 e. The van der Waals surface area contributed by atoms with Crippen molar-refractivity contribution in [3.63, 3.8) is 0 Å². The summed E-state index contributed by atoms with van der Waals surface area (Å²) in [7, 11) is 0. The zero-order valence-corrected chi connectivity index (χ0v) is 14.9. The molecule has 0 saturated heterocycles. The fraction of sp³-hybridized carbons (Fsp3) is 0.280. The van der Waals surface area contributed by atoms with Gasteiger partial charge in [0.25, 0.3) is 0 Å². The summed E-state index contributed by atoms with van der Waals surface area (Å²) in [6.45, 7) is 2.24. The molecule has 0 heteroatoms. The van der Waals surface area contributed by atoms with Crippen LogP contribution in [0.2, 0.25) is 0 Å². The minimum absolute atomic E-state index is 1.18. The molecule has 0 radical (unpaired) electrons. The van der Waals surface area contributed by atoms with Crippen LogP contribution in [-0.4, -0.2) is 0 Å². The van der Waals surface area contributed by atoms with Crippen molar-refractivity contribution in [1.29, 1.82) is 0 Å². The molecule has 0 amide bonds. The zero-order valence-electron chi connectivity index (χ0n) is 14.9. The summed E-state index contributed by atoms with van der Waals surface area (Å²) < 4.78 is 0. The van der Waals surface area contributed by atoms with Gasteiger partial charge in [-0.05, 0) is 89.6 Å². The summed E-state index contributed by atoms with van der Waals surface area (Å²) in [4.78, 5) is 0. The molecule has 0 bridgehead atoms. The second kappa shape index (κ2) is 5.88. The number of hydrogen-bond acceptors (Lipinski definition) is 0. The minimum atomic E-state index is 1.18. The first-order chi connectivity index (χ1) is 12.3. The van der Waals surface area contributed by atoms with Crippen LogP contribution >= 0.6 is 0 Å². The van der Waals surface area contributed by atoms with E-state index in [2.05, 4.69) is 61.6 Å². The van der Waals surface area contributed by atoms with Gasteiger partial charge in [-0.15, -0.1) is 0 Å². The van der Waals surface area contributed by atoms with Crippen LogP contribution in [0.1, 0.15) is 54.9 Å². The number of allylic oxidation sites excluding steroid dienone is 6. The second-order valence-corrected chi connectivity index (χ2v) is 7.65. The SMILES string of the molecule is CC1=CC=C(C2=Cc3c(c4c(c5ccccc35)C=CCC4)CC2)CC1. The quantitative estimate of drug-likeness (QED) is 0.541. The predicted molar refractivity (Wildman–Crippen MR) is 109 cm³/mol. The van der Waals surface area contributed by atoms with Crippen molar-refractivity contribution in [3.05, 3.63) is 81.5 Å². The van der Waals surface area contributed by atoms with Crippen molar-refractivity contribution in [2.45, 2.75) is 45.4 Å². The lowest BCUT2D eigenvalue weighted by Crippen LogP contribution is -2.10. The van der Waals surface area contributed by atoms with Gasteiger partial charge in [-0.25, -0.2) is 0 Å². The first kappa shape index (κ1) is 15.0. The number of rotatable bonds is 1. The van der Waals surface area contributed by atoms with Crippen LogP contribution in [0, 0.1) is 0 Å². The van der Waals surface area contributed by atoms with Crippen molar-refractivity contribution in [2.75, 3.05) is 0 Å². The van der Waals surface area contributed by atoms with E-state index in [9.17, 15) is 0 Å². The fourth-order valence-electron chi connectivity index (χ4n) is 4.73. The number of benzene rings is 2. The molecule has 0 spiro atoms. The summed E-state index contributed by atoms with van der Waals surface area (Å²) in [5, 5.41) is 2.86. The predicted octanol–water partition coefficient (Wildman–Crippen LogP) is 6.80. The lowest BCUT2D eigenvalue weighted by molar-refractivity contribution is 0.848. The van der Waals surface area contributed by atoms with Crippen LogP contribution in [0.15, 0.2) is 59.2 Å². The summed E-state index contributed by atoms with van der Waals surface area (Å²) in [6, 6.07) is 8.99. The average Bonchev–Trinajstić information content (AvgIpc) is 2.68. The lowest BCUT2D eigenvalue weighted by atomic mass is 9.78. The van der Waals surface area contributed by atoms with E-state index < -0.39 is 0 Å². The number of hydrogen-bond donors (Lipinski definition) is 0. The molecule has 124 valence electrons. The van der Waals surface area contributed by atoms with Gasteiger partial charge in [0.15, 0.2) is 0 Å². The van der Waals surface area contributed by atoms with Gasteiger partial charge in [0, 0.05) is 0 Å². The Kier molecular flexibility index (Phi) is 3.52. The van der Waals surface area contributed by atoms with Crippen molar-refractivity contribution in [2.24, 2.45) is 0 Å². The van der Waals surface area contributed by atoms with E-state index in [1.54, 1.807) is 22.3 Å². The van der Waals surface area contributed by atoms with Crippen LogP contribution in [-0.2, 0) is 12.8 Å². The molecule has 3 aliphatic rings. The van der Waals surface area contributed by atoms with Gasteiger partial charge in [0.05, 0.1) is 0 Å². The highest BCUT2D eigenvalue weighted by Gasteiger charge is 2.22. The maximum Gasteiger partial charge on any atom is -0.0102 e. The maximum absolute atomic E-state index is 2.51. The Morgan fingerprint density at radius 2 is 1.48 bits per heavy atom. The molecule has 2 aromatic rings. The van der Waals surface area contributed by atoms with E-state index >= 15 is 0 Å². The van der Waals surface area contributed by atoms with Crippen molar-refractivity contribution >= 4 is 22.9 Å². The molecular weight excluding hydrogens is 300 g/mol. The maximum atomic E-state index is 2.51. The van der Waals surface area contributed by atoms with E-state index in [-0.39, 0.29) is 0 Å². The van der Waals surface area contributed by atoms with Crippen LogP contribution in [0.3, 0.4) is 0 Å². The Balaban J connectivity index is 1.74. The van der Waals surface area contributed by atoms with Crippen molar-refractivity contribution in [3.8, 4) is 0 Å². The third kappa shape index (κ3) is 2.43. The van der Waals surface area contributed by atoms with Gasteiger partial charge in [0.1, 0.15) is 0 Å². The van der Waals surface area contributed by atoms with E-state index in [1.165, 1.54) is 66.0 Å². The molecule has 0 fully saturated rings. The lowest BCUT2D eigenvalue weighted by Gasteiger charge is -2.27. The highest BCUT2D eigenvalue weighted by atomic mass is 14.3. The third-order valence-electron chi connectivity index (χ3n) is 6.10. The zero-order chi connectivity index (χ0) is 16.8. The van der Waals surface area contributed by atoms with Gasteiger partial charge in [-0.3, -0.25) is 0 Å². The summed E-state index contributed by atoms with van der Waals surface area (Å²) in [6.07, 6.45) is 19.1. The summed E-state index contributed by atoms with van der Waals surface area (Å²) in [5.74, 6) is 0. The Morgan fingerprint density at radius 1 is 0.720 bits per heavy atom. The van der Waals surface area contributed by atoms with E-state index in [0.29, 0.717) is 0 Å².